The zero-order valence-corrected chi connectivity index (χ0v) is 15.4. The molecule has 0 unspecified atom stereocenters. The predicted octanol–water partition coefficient (Wildman–Crippen LogP) is 4.96. The Bertz CT molecular complexity index is 665. The van der Waals surface area contributed by atoms with Crippen molar-refractivity contribution >= 4 is 23.4 Å². The Labute approximate surface area is 148 Å². The summed E-state index contributed by atoms with van der Waals surface area (Å²) in [7, 11) is 1.68. The molecule has 0 aliphatic heterocycles. The van der Waals surface area contributed by atoms with Crippen molar-refractivity contribution in [1.29, 1.82) is 0 Å². The van der Waals surface area contributed by atoms with Gasteiger partial charge in [0.25, 0.3) is 0 Å². The largest absolute Gasteiger partial charge is 0.497 e. The van der Waals surface area contributed by atoms with E-state index in [0.717, 1.165) is 40.5 Å². The molecule has 0 aliphatic rings. The molecular weight excluding hydrogens is 318 g/mol. The van der Waals surface area contributed by atoms with E-state index in [1.807, 2.05) is 55.9 Å². The summed E-state index contributed by atoms with van der Waals surface area (Å²) in [6, 6.07) is 14.2. The van der Waals surface area contributed by atoms with Crippen LogP contribution in [0.15, 0.2) is 42.5 Å². The summed E-state index contributed by atoms with van der Waals surface area (Å²) < 4.78 is 5.23. The monoisotopic (exact) mass is 343 g/mol. The molecule has 0 spiro atoms. The molecular formula is C20H25NO2S. The van der Waals surface area contributed by atoms with Crippen LogP contribution >= 0.6 is 11.8 Å². The number of carbonyl (C=O) groups excluding carboxylic acids is 1. The molecule has 0 radical (unpaired) electrons. The third-order valence-electron chi connectivity index (χ3n) is 3.84. The lowest BCUT2D eigenvalue weighted by Crippen LogP contribution is -2.13. The maximum Gasteiger partial charge on any atom is 0.224 e. The number of benzene rings is 2. The number of para-hydroxylation sites is 1. The molecule has 24 heavy (non-hydrogen) atoms. The van der Waals surface area contributed by atoms with Gasteiger partial charge >= 0.3 is 0 Å². The van der Waals surface area contributed by atoms with E-state index in [9.17, 15) is 4.79 Å². The van der Waals surface area contributed by atoms with Crippen LogP contribution in [0.5, 0.6) is 5.75 Å². The van der Waals surface area contributed by atoms with E-state index in [1.165, 1.54) is 5.56 Å². The van der Waals surface area contributed by atoms with Gasteiger partial charge in [0.05, 0.1) is 7.11 Å². The number of rotatable bonds is 8. The maximum atomic E-state index is 12.1. The van der Waals surface area contributed by atoms with Crippen molar-refractivity contribution in [3.8, 4) is 5.75 Å². The van der Waals surface area contributed by atoms with Crippen LogP contribution in [0, 0.1) is 13.8 Å². The maximum absolute atomic E-state index is 12.1. The molecule has 0 aliphatic carbocycles. The van der Waals surface area contributed by atoms with E-state index in [-0.39, 0.29) is 5.91 Å². The molecule has 1 amide bonds. The minimum Gasteiger partial charge on any atom is -0.497 e. The average molecular weight is 343 g/mol. The normalized spacial score (nSPS) is 10.5. The minimum absolute atomic E-state index is 0.0920. The summed E-state index contributed by atoms with van der Waals surface area (Å²) in [6.07, 6.45) is 1.43. The minimum atomic E-state index is 0.0920. The summed E-state index contributed by atoms with van der Waals surface area (Å²) in [4.78, 5) is 12.1. The number of carbonyl (C=O) groups is 1. The molecule has 4 heteroatoms. The fourth-order valence-electron chi connectivity index (χ4n) is 2.50. The van der Waals surface area contributed by atoms with E-state index < -0.39 is 0 Å². The van der Waals surface area contributed by atoms with Crippen LogP contribution in [0.25, 0.3) is 0 Å². The van der Waals surface area contributed by atoms with Gasteiger partial charge in [0.15, 0.2) is 0 Å². The zero-order valence-electron chi connectivity index (χ0n) is 14.6. The lowest BCUT2D eigenvalue weighted by molar-refractivity contribution is -0.116. The van der Waals surface area contributed by atoms with Gasteiger partial charge in [0.1, 0.15) is 5.75 Å². The van der Waals surface area contributed by atoms with Crippen LogP contribution in [-0.2, 0) is 10.5 Å². The van der Waals surface area contributed by atoms with E-state index in [0.29, 0.717) is 6.42 Å². The Hall–Kier alpha value is -1.94. The Morgan fingerprint density at radius 2 is 1.83 bits per heavy atom. The van der Waals surface area contributed by atoms with Gasteiger partial charge in [-0.2, -0.15) is 11.8 Å². The molecule has 3 nitrogen and oxygen atoms in total. The highest BCUT2D eigenvalue weighted by atomic mass is 32.2. The van der Waals surface area contributed by atoms with Gasteiger partial charge in [0.2, 0.25) is 5.91 Å². The van der Waals surface area contributed by atoms with Crippen molar-refractivity contribution in [3.05, 3.63) is 59.2 Å². The number of nitrogens with one attached hydrogen (secondary N) is 1. The molecule has 0 saturated carbocycles. The zero-order chi connectivity index (χ0) is 17.4. The average Bonchev–Trinajstić information content (AvgIpc) is 2.58. The SMILES string of the molecule is COc1cccc(CSCCCC(=O)Nc2c(C)cccc2C)c1. The smallest absolute Gasteiger partial charge is 0.224 e. The predicted molar refractivity (Wildman–Crippen MR) is 103 cm³/mol. The van der Waals surface area contributed by atoms with Crippen LogP contribution < -0.4 is 10.1 Å². The van der Waals surface area contributed by atoms with Crippen molar-refractivity contribution < 1.29 is 9.53 Å². The Balaban J connectivity index is 1.69. The summed E-state index contributed by atoms with van der Waals surface area (Å²) in [5.41, 5.74) is 4.41. The van der Waals surface area contributed by atoms with Crippen molar-refractivity contribution in [2.75, 3.05) is 18.2 Å². The second-order valence-corrected chi connectivity index (χ2v) is 6.93. The summed E-state index contributed by atoms with van der Waals surface area (Å²) in [6.45, 7) is 4.04. The Kier molecular flexibility index (Phi) is 7.19. The first kappa shape index (κ1) is 18.4. The van der Waals surface area contributed by atoms with Gasteiger partial charge in [0, 0.05) is 17.9 Å². The number of amides is 1. The third-order valence-corrected chi connectivity index (χ3v) is 4.96. The number of methoxy groups -OCH3 is 1. The lowest BCUT2D eigenvalue weighted by Gasteiger charge is -2.11. The van der Waals surface area contributed by atoms with Gasteiger partial charge in [-0.15, -0.1) is 0 Å². The standard InChI is InChI=1S/C20H25NO2S/c1-15-7-4-8-16(2)20(15)21-19(22)11-6-12-24-14-17-9-5-10-18(13-17)23-3/h4-5,7-10,13H,6,11-12,14H2,1-3H3,(H,21,22). The molecule has 2 aromatic carbocycles. The van der Waals surface area contributed by atoms with Crippen molar-refractivity contribution in [2.24, 2.45) is 0 Å². The number of thioether (sulfide) groups is 1. The first-order valence-corrected chi connectivity index (χ1v) is 9.32. The molecule has 0 aromatic heterocycles. The van der Waals surface area contributed by atoms with Crippen LogP contribution in [0.3, 0.4) is 0 Å². The Morgan fingerprint density at radius 3 is 2.54 bits per heavy atom. The molecule has 1 N–H and O–H groups in total. The number of hydrogen-bond donors (Lipinski definition) is 1. The highest BCUT2D eigenvalue weighted by molar-refractivity contribution is 7.98. The summed E-state index contributed by atoms with van der Waals surface area (Å²) in [5.74, 6) is 2.89. The number of anilines is 1. The van der Waals surface area contributed by atoms with Crippen LogP contribution in [0.2, 0.25) is 0 Å². The number of aryl methyl sites for hydroxylation is 2. The van der Waals surface area contributed by atoms with Crippen LogP contribution in [0.4, 0.5) is 5.69 Å². The van der Waals surface area contributed by atoms with E-state index in [1.54, 1.807) is 7.11 Å². The topological polar surface area (TPSA) is 38.3 Å². The van der Waals surface area contributed by atoms with Gasteiger partial charge in [-0.3, -0.25) is 4.79 Å². The second-order valence-electron chi connectivity index (χ2n) is 5.82. The van der Waals surface area contributed by atoms with E-state index >= 15 is 0 Å². The van der Waals surface area contributed by atoms with Crippen LogP contribution in [0.1, 0.15) is 29.5 Å². The molecule has 128 valence electrons. The highest BCUT2D eigenvalue weighted by Crippen LogP contribution is 2.21. The molecule has 2 rings (SSSR count). The number of hydrogen-bond acceptors (Lipinski definition) is 3. The molecule has 0 atom stereocenters. The van der Waals surface area contributed by atoms with E-state index in [2.05, 4.69) is 17.4 Å². The molecule has 0 saturated heterocycles. The van der Waals surface area contributed by atoms with Crippen molar-refractivity contribution in [2.45, 2.75) is 32.4 Å². The summed E-state index contributed by atoms with van der Waals surface area (Å²) >= 11 is 1.84. The van der Waals surface area contributed by atoms with Gasteiger partial charge < -0.3 is 10.1 Å². The fourth-order valence-corrected chi connectivity index (χ4v) is 3.41. The van der Waals surface area contributed by atoms with Gasteiger partial charge in [-0.25, -0.2) is 0 Å². The first-order chi connectivity index (χ1) is 11.6. The van der Waals surface area contributed by atoms with Crippen molar-refractivity contribution in [1.82, 2.24) is 0 Å². The Morgan fingerprint density at radius 1 is 1.12 bits per heavy atom. The molecule has 0 bridgehead atoms. The molecule has 0 heterocycles. The fraction of sp³-hybridized carbons (Fsp3) is 0.350. The van der Waals surface area contributed by atoms with Crippen molar-refractivity contribution in [3.63, 3.8) is 0 Å². The molecule has 0 fully saturated rings. The van der Waals surface area contributed by atoms with Gasteiger partial charge in [-0.05, 0) is 54.8 Å². The summed E-state index contributed by atoms with van der Waals surface area (Å²) in [5, 5.41) is 3.04. The molecule has 2 aromatic rings. The highest BCUT2D eigenvalue weighted by Gasteiger charge is 2.07. The lowest BCUT2D eigenvalue weighted by atomic mass is 10.1. The van der Waals surface area contributed by atoms with E-state index in [4.69, 9.17) is 4.74 Å². The number of ether oxygens (including phenoxy) is 1. The van der Waals surface area contributed by atoms with Crippen LogP contribution in [-0.4, -0.2) is 18.8 Å². The third kappa shape index (κ3) is 5.60. The second kappa shape index (κ2) is 9.38. The first-order valence-electron chi connectivity index (χ1n) is 8.17. The van der Waals surface area contributed by atoms with Gasteiger partial charge in [-0.1, -0.05) is 30.3 Å². The quantitative estimate of drug-likeness (QED) is 0.688.